The summed E-state index contributed by atoms with van der Waals surface area (Å²) in [5, 5.41) is 18.1. The number of morpholine rings is 1. The summed E-state index contributed by atoms with van der Waals surface area (Å²) < 4.78 is 6.10. The molecule has 0 unspecified atom stereocenters. The third-order valence-electron chi connectivity index (χ3n) is 6.73. The summed E-state index contributed by atoms with van der Waals surface area (Å²) in [7, 11) is 1.69. The first-order valence-electron chi connectivity index (χ1n) is 12.4. The Bertz CT molecular complexity index is 1300. The van der Waals surface area contributed by atoms with Crippen LogP contribution in [0.2, 0.25) is 0 Å². The topological polar surface area (TPSA) is 173 Å². The standard InChI is InChI=1S/C25H30BrN7O6/c1-13-10-31(11-14(2)39-13)25(36)19-5-16(26)6-20(33(37)38)22(19)30-18-7-21(23(27)34)32(12-18)24(35)15-4-17(28-3)9-29-8-15/h4-6,8-9,13-14,18,21,28,30H,7,10-12H2,1-3H3,(H2,27,34)/t13-,14+,18-,21+/m1/s1. The molecule has 3 amide bonds. The van der Waals surface area contributed by atoms with Crippen LogP contribution in [0.15, 0.2) is 35.1 Å². The number of nitrogens with zero attached hydrogens (tertiary/aromatic N) is 4. The lowest BCUT2D eigenvalue weighted by Gasteiger charge is -2.35. The van der Waals surface area contributed by atoms with Crippen LogP contribution in [-0.2, 0) is 9.53 Å². The lowest BCUT2D eigenvalue weighted by Crippen LogP contribution is -2.48. The molecular weight excluding hydrogens is 574 g/mol. The molecule has 208 valence electrons. The second-order valence-corrected chi connectivity index (χ2v) is 10.7. The fourth-order valence-electron chi connectivity index (χ4n) is 5.07. The lowest BCUT2D eigenvalue weighted by atomic mass is 10.1. The number of nitrogens with two attached hydrogens (primary N) is 1. The molecule has 2 aliphatic heterocycles. The van der Waals surface area contributed by atoms with Gasteiger partial charge in [0.2, 0.25) is 5.91 Å². The summed E-state index contributed by atoms with van der Waals surface area (Å²) in [6.45, 7) is 4.40. The van der Waals surface area contributed by atoms with Crippen LogP contribution in [0.25, 0.3) is 0 Å². The Morgan fingerprint density at radius 3 is 2.44 bits per heavy atom. The van der Waals surface area contributed by atoms with Crippen molar-refractivity contribution in [2.24, 2.45) is 5.73 Å². The van der Waals surface area contributed by atoms with E-state index in [4.69, 9.17) is 10.5 Å². The van der Waals surface area contributed by atoms with E-state index in [2.05, 4.69) is 31.5 Å². The Labute approximate surface area is 233 Å². The molecular formula is C25H30BrN7O6. The van der Waals surface area contributed by atoms with Crippen molar-refractivity contribution in [1.29, 1.82) is 0 Å². The van der Waals surface area contributed by atoms with Gasteiger partial charge in [-0.1, -0.05) is 15.9 Å². The number of amides is 3. The molecule has 4 N–H and O–H groups in total. The summed E-state index contributed by atoms with van der Waals surface area (Å²) in [4.78, 5) is 57.7. The summed E-state index contributed by atoms with van der Waals surface area (Å²) in [5.41, 5.74) is 6.32. The van der Waals surface area contributed by atoms with E-state index in [9.17, 15) is 24.5 Å². The predicted molar refractivity (Wildman–Crippen MR) is 147 cm³/mol. The molecule has 39 heavy (non-hydrogen) atoms. The van der Waals surface area contributed by atoms with E-state index in [1.807, 2.05) is 13.8 Å². The highest BCUT2D eigenvalue weighted by molar-refractivity contribution is 9.10. The van der Waals surface area contributed by atoms with Gasteiger partial charge in [-0.2, -0.15) is 0 Å². The molecule has 4 atom stereocenters. The second-order valence-electron chi connectivity index (χ2n) is 9.74. The maximum atomic E-state index is 13.6. The lowest BCUT2D eigenvalue weighted by molar-refractivity contribution is -0.384. The number of ether oxygens (including phenoxy) is 1. The highest BCUT2D eigenvalue weighted by Gasteiger charge is 2.41. The number of hydrogen-bond acceptors (Lipinski definition) is 9. The van der Waals surface area contributed by atoms with E-state index in [0.717, 1.165) is 0 Å². The van der Waals surface area contributed by atoms with Gasteiger partial charge in [-0.15, -0.1) is 0 Å². The van der Waals surface area contributed by atoms with Crippen molar-refractivity contribution in [1.82, 2.24) is 14.8 Å². The SMILES string of the molecule is CNc1cncc(C(=O)N2C[C@H](Nc3c(C(=O)N4C[C@@H](C)O[C@@H](C)C4)cc(Br)cc3[N+](=O)[O-])C[C@H]2C(N)=O)c1. The van der Waals surface area contributed by atoms with Gasteiger partial charge >= 0.3 is 0 Å². The number of halogens is 1. The quantitative estimate of drug-likeness (QED) is 0.316. The van der Waals surface area contributed by atoms with Crippen molar-refractivity contribution in [3.8, 4) is 0 Å². The van der Waals surface area contributed by atoms with Crippen LogP contribution in [0.1, 0.15) is 41.0 Å². The van der Waals surface area contributed by atoms with Gasteiger partial charge in [-0.05, 0) is 32.4 Å². The van der Waals surface area contributed by atoms with Gasteiger partial charge in [-0.3, -0.25) is 29.5 Å². The van der Waals surface area contributed by atoms with Crippen LogP contribution in [-0.4, -0.2) is 88.4 Å². The molecule has 2 saturated heterocycles. The number of anilines is 2. The number of primary amides is 1. The second kappa shape index (κ2) is 11.5. The number of carbonyl (C=O) groups excluding carboxylic acids is 3. The number of hydrogen-bond donors (Lipinski definition) is 3. The Morgan fingerprint density at radius 1 is 1.13 bits per heavy atom. The first-order valence-corrected chi connectivity index (χ1v) is 13.2. The number of likely N-dealkylation sites (tertiary alicyclic amines) is 1. The van der Waals surface area contributed by atoms with Crippen LogP contribution in [0.5, 0.6) is 0 Å². The highest BCUT2D eigenvalue weighted by atomic mass is 79.9. The summed E-state index contributed by atoms with van der Waals surface area (Å²) in [6.07, 6.45) is 2.66. The molecule has 13 nitrogen and oxygen atoms in total. The van der Waals surface area contributed by atoms with Crippen molar-refractivity contribution < 1.29 is 24.0 Å². The monoisotopic (exact) mass is 603 g/mol. The molecule has 0 saturated carbocycles. The molecule has 2 fully saturated rings. The van der Waals surface area contributed by atoms with Crippen LogP contribution in [0.4, 0.5) is 17.1 Å². The fourth-order valence-corrected chi connectivity index (χ4v) is 5.51. The number of carbonyl (C=O) groups is 3. The van der Waals surface area contributed by atoms with Gasteiger partial charge < -0.3 is 30.9 Å². The molecule has 4 rings (SSSR count). The first-order chi connectivity index (χ1) is 18.5. The highest BCUT2D eigenvalue weighted by Crippen LogP contribution is 2.36. The smallest absolute Gasteiger partial charge is 0.294 e. The number of aromatic nitrogens is 1. The minimum Gasteiger partial charge on any atom is -0.387 e. The Kier molecular flexibility index (Phi) is 8.35. The van der Waals surface area contributed by atoms with Crippen molar-refractivity contribution in [3.63, 3.8) is 0 Å². The fraction of sp³-hybridized carbons (Fsp3) is 0.440. The third kappa shape index (κ3) is 6.11. The van der Waals surface area contributed by atoms with E-state index in [1.54, 1.807) is 24.2 Å². The average Bonchev–Trinajstić information content (AvgIpc) is 3.32. The molecule has 1 aromatic heterocycles. The largest absolute Gasteiger partial charge is 0.387 e. The van der Waals surface area contributed by atoms with Crippen LogP contribution in [0.3, 0.4) is 0 Å². The van der Waals surface area contributed by atoms with Gasteiger partial charge in [0.05, 0.1) is 33.9 Å². The molecule has 0 aliphatic carbocycles. The summed E-state index contributed by atoms with van der Waals surface area (Å²) in [5.74, 6) is -1.55. The molecule has 0 radical (unpaired) electrons. The van der Waals surface area contributed by atoms with Crippen LogP contribution < -0.4 is 16.4 Å². The Balaban J connectivity index is 1.66. The maximum absolute atomic E-state index is 13.6. The minimum absolute atomic E-state index is 0.0152. The van der Waals surface area contributed by atoms with Crippen LogP contribution in [0, 0.1) is 10.1 Å². The number of nitro benzene ring substituents is 1. The minimum atomic E-state index is -0.956. The van der Waals surface area contributed by atoms with Gasteiger partial charge in [0.25, 0.3) is 17.5 Å². The zero-order valence-electron chi connectivity index (χ0n) is 21.7. The van der Waals surface area contributed by atoms with Gasteiger partial charge in [0.1, 0.15) is 11.7 Å². The number of rotatable bonds is 7. The number of benzene rings is 1. The molecule has 2 aromatic rings. The van der Waals surface area contributed by atoms with Crippen LogP contribution >= 0.6 is 15.9 Å². The van der Waals surface area contributed by atoms with E-state index in [0.29, 0.717) is 23.2 Å². The zero-order chi connectivity index (χ0) is 28.4. The number of nitro groups is 1. The normalized spacial score (nSPS) is 22.9. The predicted octanol–water partition coefficient (Wildman–Crippen LogP) is 2.22. The van der Waals surface area contributed by atoms with Crippen molar-refractivity contribution in [2.45, 2.75) is 44.6 Å². The van der Waals surface area contributed by atoms with E-state index >= 15 is 0 Å². The summed E-state index contributed by atoms with van der Waals surface area (Å²) in [6, 6.07) is 2.89. The van der Waals surface area contributed by atoms with E-state index in [-0.39, 0.29) is 47.7 Å². The molecule has 14 heteroatoms. The first kappa shape index (κ1) is 28.2. The molecule has 2 aliphatic rings. The maximum Gasteiger partial charge on any atom is 0.294 e. The number of nitrogens with one attached hydrogen (secondary N) is 2. The Hall–Kier alpha value is -3.78. The van der Waals surface area contributed by atoms with Gasteiger partial charge in [0, 0.05) is 55.7 Å². The zero-order valence-corrected chi connectivity index (χ0v) is 23.3. The number of pyridine rings is 1. The van der Waals surface area contributed by atoms with Gasteiger partial charge in [0.15, 0.2) is 0 Å². The molecule has 0 bridgehead atoms. The Morgan fingerprint density at radius 2 is 1.82 bits per heavy atom. The van der Waals surface area contributed by atoms with Crippen molar-refractivity contribution >= 4 is 50.7 Å². The van der Waals surface area contributed by atoms with Gasteiger partial charge in [-0.25, -0.2) is 0 Å². The molecule has 1 aromatic carbocycles. The molecule has 0 spiro atoms. The summed E-state index contributed by atoms with van der Waals surface area (Å²) >= 11 is 3.29. The molecule has 3 heterocycles. The van der Waals surface area contributed by atoms with Crippen molar-refractivity contribution in [2.75, 3.05) is 37.3 Å². The van der Waals surface area contributed by atoms with Crippen molar-refractivity contribution in [3.05, 3.63) is 56.3 Å². The van der Waals surface area contributed by atoms with E-state index in [1.165, 1.54) is 23.2 Å². The average molecular weight is 604 g/mol. The third-order valence-corrected chi connectivity index (χ3v) is 7.19. The van der Waals surface area contributed by atoms with E-state index < -0.39 is 34.7 Å².